The lowest BCUT2D eigenvalue weighted by molar-refractivity contribution is -0.123. The zero-order valence-electron chi connectivity index (χ0n) is 13.6. The van der Waals surface area contributed by atoms with Crippen LogP contribution in [-0.2, 0) is 16.0 Å². The Balaban J connectivity index is 1.83. The second-order valence-electron chi connectivity index (χ2n) is 5.25. The molecular weight excluding hydrogens is 347 g/mol. The van der Waals surface area contributed by atoms with Crippen molar-refractivity contribution in [2.24, 2.45) is 0 Å². The molecule has 0 aromatic heterocycles. The van der Waals surface area contributed by atoms with Crippen molar-refractivity contribution in [2.75, 3.05) is 20.2 Å². The maximum atomic E-state index is 13.2. The first kappa shape index (κ1) is 18.7. The SMILES string of the molecule is CNC(=O)COC(=O)NCCc1ccc(-c2ccc(F)c(Cl)c2)cc1. The third-order valence-electron chi connectivity index (χ3n) is 3.50. The summed E-state index contributed by atoms with van der Waals surface area (Å²) >= 11 is 5.80. The molecular formula is C18H18ClFN2O3. The smallest absolute Gasteiger partial charge is 0.407 e. The average Bonchev–Trinajstić information content (AvgIpc) is 2.62. The number of hydrogen-bond acceptors (Lipinski definition) is 3. The van der Waals surface area contributed by atoms with E-state index in [1.54, 1.807) is 12.1 Å². The van der Waals surface area contributed by atoms with Gasteiger partial charge in [0.2, 0.25) is 0 Å². The van der Waals surface area contributed by atoms with E-state index < -0.39 is 11.9 Å². The number of carbonyl (C=O) groups excluding carboxylic acids is 2. The lowest BCUT2D eigenvalue weighted by Crippen LogP contribution is -2.31. The fourth-order valence-corrected chi connectivity index (χ4v) is 2.28. The summed E-state index contributed by atoms with van der Waals surface area (Å²) in [5.74, 6) is -0.817. The van der Waals surface area contributed by atoms with Crippen LogP contribution in [0.15, 0.2) is 42.5 Å². The van der Waals surface area contributed by atoms with Crippen molar-refractivity contribution in [3.8, 4) is 11.1 Å². The summed E-state index contributed by atoms with van der Waals surface area (Å²) in [6.07, 6.45) is -0.0272. The molecule has 0 bridgehead atoms. The summed E-state index contributed by atoms with van der Waals surface area (Å²) in [4.78, 5) is 22.4. The third-order valence-corrected chi connectivity index (χ3v) is 3.79. The second-order valence-corrected chi connectivity index (χ2v) is 5.66. The molecule has 0 aliphatic carbocycles. The molecule has 7 heteroatoms. The van der Waals surface area contributed by atoms with E-state index in [9.17, 15) is 14.0 Å². The van der Waals surface area contributed by atoms with Crippen LogP contribution < -0.4 is 10.6 Å². The Kier molecular flexibility index (Phi) is 6.77. The van der Waals surface area contributed by atoms with Crippen molar-refractivity contribution < 1.29 is 18.7 Å². The van der Waals surface area contributed by atoms with Crippen LogP contribution in [0.5, 0.6) is 0 Å². The van der Waals surface area contributed by atoms with Gasteiger partial charge in [-0.2, -0.15) is 0 Å². The van der Waals surface area contributed by atoms with Gasteiger partial charge in [-0.1, -0.05) is 41.9 Å². The molecule has 0 aliphatic rings. The molecule has 0 atom stereocenters. The van der Waals surface area contributed by atoms with Crippen LogP contribution in [0, 0.1) is 5.82 Å². The van der Waals surface area contributed by atoms with E-state index in [1.807, 2.05) is 24.3 Å². The van der Waals surface area contributed by atoms with Crippen molar-refractivity contribution >= 4 is 23.6 Å². The topological polar surface area (TPSA) is 67.4 Å². The van der Waals surface area contributed by atoms with Gasteiger partial charge in [-0.15, -0.1) is 0 Å². The highest BCUT2D eigenvalue weighted by Gasteiger charge is 2.06. The largest absolute Gasteiger partial charge is 0.439 e. The quantitative estimate of drug-likeness (QED) is 0.827. The molecule has 0 fully saturated rings. The van der Waals surface area contributed by atoms with E-state index in [0.717, 1.165) is 16.7 Å². The van der Waals surface area contributed by atoms with Gasteiger partial charge < -0.3 is 15.4 Å². The van der Waals surface area contributed by atoms with Crippen LogP contribution in [0.1, 0.15) is 5.56 Å². The Labute approximate surface area is 150 Å². The van der Waals surface area contributed by atoms with Crippen molar-refractivity contribution in [2.45, 2.75) is 6.42 Å². The number of alkyl carbamates (subject to hydrolysis) is 1. The van der Waals surface area contributed by atoms with Gasteiger partial charge in [-0.3, -0.25) is 4.79 Å². The minimum absolute atomic E-state index is 0.0843. The lowest BCUT2D eigenvalue weighted by atomic mass is 10.0. The number of likely N-dealkylation sites (N-methyl/N-ethyl adjacent to an activating group) is 1. The van der Waals surface area contributed by atoms with Gasteiger partial charge in [0.15, 0.2) is 6.61 Å². The van der Waals surface area contributed by atoms with Crippen LogP contribution in [0.4, 0.5) is 9.18 Å². The molecule has 0 saturated heterocycles. The van der Waals surface area contributed by atoms with Gasteiger partial charge in [0.05, 0.1) is 5.02 Å². The van der Waals surface area contributed by atoms with Crippen LogP contribution >= 0.6 is 11.6 Å². The Hall–Kier alpha value is -2.60. The van der Waals surface area contributed by atoms with Gasteiger partial charge >= 0.3 is 6.09 Å². The molecule has 0 spiro atoms. The van der Waals surface area contributed by atoms with Crippen LogP contribution in [-0.4, -0.2) is 32.2 Å². The summed E-state index contributed by atoms with van der Waals surface area (Å²) < 4.78 is 17.9. The van der Waals surface area contributed by atoms with Gasteiger partial charge in [-0.25, -0.2) is 9.18 Å². The number of ether oxygens (including phenoxy) is 1. The van der Waals surface area contributed by atoms with Crippen LogP contribution in [0.3, 0.4) is 0 Å². The highest BCUT2D eigenvalue weighted by Crippen LogP contribution is 2.25. The summed E-state index contributed by atoms with van der Waals surface area (Å²) in [5, 5.41) is 5.01. The molecule has 2 rings (SSSR count). The van der Waals surface area contributed by atoms with Gasteiger partial charge in [0.25, 0.3) is 5.91 Å². The third kappa shape index (κ3) is 5.76. The maximum absolute atomic E-state index is 13.2. The number of amides is 2. The van der Waals surface area contributed by atoms with Gasteiger partial charge in [0, 0.05) is 13.6 Å². The Bertz CT molecular complexity index is 750. The molecule has 0 unspecified atom stereocenters. The van der Waals surface area contributed by atoms with Crippen LogP contribution in [0.2, 0.25) is 5.02 Å². The number of nitrogens with one attached hydrogen (secondary N) is 2. The fourth-order valence-electron chi connectivity index (χ4n) is 2.10. The summed E-state index contributed by atoms with van der Waals surface area (Å²) in [6, 6.07) is 12.2. The highest BCUT2D eigenvalue weighted by molar-refractivity contribution is 6.31. The molecule has 25 heavy (non-hydrogen) atoms. The van der Waals surface area contributed by atoms with Gasteiger partial charge in [-0.05, 0) is 35.2 Å². The number of rotatable bonds is 6. The van der Waals surface area contributed by atoms with Crippen molar-refractivity contribution in [3.05, 3.63) is 58.9 Å². The van der Waals surface area contributed by atoms with E-state index in [2.05, 4.69) is 10.6 Å². The second kappa shape index (κ2) is 9.03. The van der Waals surface area contributed by atoms with Crippen molar-refractivity contribution in [3.63, 3.8) is 0 Å². The minimum Gasteiger partial charge on any atom is -0.439 e. The molecule has 5 nitrogen and oxygen atoms in total. The van der Waals surface area contributed by atoms with Crippen LogP contribution in [0.25, 0.3) is 11.1 Å². The van der Waals surface area contributed by atoms with E-state index >= 15 is 0 Å². The van der Waals surface area contributed by atoms with E-state index in [-0.39, 0.29) is 17.5 Å². The van der Waals surface area contributed by atoms with Crippen molar-refractivity contribution in [1.29, 1.82) is 0 Å². The Morgan fingerprint density at radius 3 is 2.44 bits per heavy atom. The van der Waals surface area contributed by atoms with E-state index in [4.69, 9.17) is 16.3 Å². The normalized spacial score (nSPS) is 10.2. The zero-order chi connectivity index (χ0) is 18.2. The molecule has 0 aliphatic heterocycles. The zero-order valence-corrected chi connectivity index (χ0v) is 14.4. The average molecular weight is 365 g/mol. The Morgan fingerprint density at radius 2 is 1.80 bits per heavy atom. The standard InChI is InChI=1S/C18H18ClFN2O3/c1-21-17(23)11-25-18(24)22-9-8-12-2-4-13(5-3-12)14-6-7-16(20)15(19)10-14/h2-7,10H,8-9,11H2,1H3,(H,21,23)(H,22,24). The summed E-state index contributed by atoms with van der Waals surface area (Å²) in [5.41, 5.74) is 2.76. The first-order chi connectivity index (χ1) is 12.0. The van der Waals surface area contributed by atoms with Gasteiger partial charge in [0.1, 0.15) is 5.82 Å². The molecule has 2 aromatic rings. The molecule has 2 N–H and O–H groups in total. The lowest BCUT2D eigenvalue weighted by Gasteiger charge is -2.08. The van der Waals surface area contributed by atoms with E-state index in [0.29, 0.717) is 13.0 Å². The summed E-state index contributed by atoms with van der Waals surface area (Å²) in [7, 11) is 1.47. The fraction of sp³-hybridized carbons (Fsp3) is 0.222. The predicted molar refractivity (Wildman–Crippen MR) is 94.0 cm³/mol. The highest BCUT2D eigenvalue weighted by atomic mass is 35.5. The molecule has 0 radical (unpaired) electrons. The summed E-state index contributed by atoms with van der Waals surface area (Å²) in [6.45, 7) is 0.0750. The van der Waals surface area contributed by atoms with Crippen molar-refractivity contribution in [1.82, 2.24) is 10.6 Å². The minimum atomic E-state index is -0.638. The monoisotopic (exact) mass is 364 g/mol. The first-order valence-electron chi connectivity index (χ1n) is 7.65. The predicted octanol–water partition coefficient (Wildman–Crippen LogP) is 3.16. The number of halogens is 2. The molecule has 2 aromatic carbocycles. The molecule has 132 valence electrons. The molecule has 0 saturated carbocycles. The molecule has 2 amide bonds. The Morgan fingerprint density at radius 1 is 1.12 bits per heavy atom. The molecule has 0 heterocycles. The first-order valence-corrected chi connectivity index (χ1v) is 8.03. The number of carbonyl (C=O) groups is 2. The maximum Gasteiger partial charge on any atom is 0.407 e. The number of hydrogen-bond donors (Lipinski definition) is 2. The number of benzene rings is 2. The van der Waals surface area contributed by atoms with E-state index in [1.165, 1.54) is 13.1 Å².